The maximum Gasteiger partial charge on any atom is 0.354 e. The van der Waals surface area contributed by atoms with E-state index in [1.807, 2.05) is 0 Å². The van der Waals surface area contributed by atoms with Gasteiger partial charge in [-0.15, -0.1) is 0 Å². The standard InChI is InChI=1S/C14H26N4O4Si/c1-14(2,3)23(4,5)21-7-10-9(19)6-11(22-10)18-8-16-12(15)17-13(18)20/h8-11,19H,6-7H2,1-5H3,(H2,15,17,20)/t9-,10+,11+/m0/s1. The Balaban J connectivity index is 2.03. The van der Waals surface area contributed by atoms with Gasteiger partial charge in [-0.05, 0) is 18.1 Å². The second kappa shape index (κ2) is 6.31. The number of aliphatic hydroxyl groups excluding tert-OH is 1. The van der Waals surface area contributed by atoms with Crippen molar-refractivity contribution in [3.05, 3.63) is 16.8 Å². The first-order valence-corrected chi connectivity index (χ1v) is 10.6. The number of aromatic nitrogens is 3. The summed E-state index contributed by atoms with van der Waals surface area (Å²) in [6, 6.07) is 0. The Morgan fingerprint density at radius 1 is 1.52 bits per heavy atom. The highest BCUT2D eigenvalue weighted by Gasteiger charge is 2.41. The molecule has 1 aromatic rings. The van der Waals surface area contributed by atoms with Crippen LogP contribution in [0.15, 0.2) is 11.1 Å². The van der Waals surface area contributed by atoms with Crippen molar-refractivity contribution in [1.82, 2.24) is 14.5 Å². The third kappa shape index (κ3) is 3.97. The lowest BCUT2D eigenvalue weighted by Gasteiger charge is -2.37. The number of hydrogen-bond acceptors (Lipinski definition) is 7. The molecule has 1 fully saturated rings. The van der Waals surface area contributed by atoms with Crippen LogP contribution in [-0.2, 0) is 9.16 Å². The normalized spacial score (nSPS) is 25.7. The van der Waals surface area contributed by atoms with Crippen molar-refractivity contribution in [1.29, 1.82) is 0 Å². The van der Waals surface area contributed by atoms with E-state index in [0.29, 0.717) is 13.0 Å². The van der Waals surface area contributed by atoms with E-state index in [9.17, 15) is 9.90 Å². The summed E-state index contributed by atoms with van der Waals surface area (Å²) in [5, 5.41) is 10.3. The third-order valence-electron chi connectivity index (χ3n) is 4.67. The fraction of sp³-hybridized carbons (Fsp3) is 0.786. The van der Waals surface area contributed by atoms with Gasteiger partial charge in [0.05, 0.1) is 12.7 Å². The van der Waals surface area contributed by atoms with Crippen LogP contribution in [0.5, 0.6) is 0 Å². The fourth-order valence-electron chi connectivity index (χ4n) is 2.10. The molecule has 3 atom stereocenters. The van der Waals surface area contributed by atoms with Crippen LogP contribution in [0.2, 0.25) is 18.1 Å². The average molecular weight is 342 g/mol. The predicted octanol–water partition coefficient (Wildman–Crippen LogP) is 0.891. The van der Waals surface area contributed by atoms with E-state index in [4.69, 9.17) is 14.9 Å². The zero-order valence-electron chi connectivity index (χ0n) is 14.3. The zero-order chi connectivity index (χ0) is 17.4. The van der Waals surface area contributed by atoms with Crippen LogP contribution in [0.25, 0.3) is 0 Å². The first-order chi connectivity index (χ1) is 10.5. The average Bonchev–Trinajstić information content (AvgIpc) is 2.76. The minimum atomic E-state index is -1.92. The highest BCUT2D eigenvalue weighted by Crippen LogP contribution is 2.37. The zero-order valence-corrected chi connectivity index (χ0v) is 15.3. The van der Waals surface area contributed by atoms with Gasteiger partial charge in [-0.25, -0.2) is 9.78 Å². The number of rotatable bonds is 4. The minimum absolute atomic E-state index is 0.0809. The molecule has 0 unspecified atom stereocenters. The van der Waals surface area contributed by atoms with Gasteiger partial charge >= 0.3 is 5.69 Å². The van der Waals surface area contributed by atoms with Crippen LogP contribution in [-0.4, -0.2) is 46.8 Å². The Hall–Kier alpha value is -1.29. The highest BCUT2D eigenvalue weighted by atomic mass is 28.4. The number of nitrogens with zero attached hydrogens (tertiary/aromatic N) is 3. The minimum Gasteiger partial charge on any atom is -0.414 e. The van der Waals surface area contributed by atoms with E-state index in [1.165, 1.54) is 10.9 Å². The topological polar surface area (TPSA) is 112 Å². The third-order valence-corrected chi connectivity index (χ3v) is 9.18. The lowest BCUT2D eigenvalue weighted by Crippen LogP contribution is -2.43. The van der Waals surface area contributed by atoms with Crippen molar-refractivity contribution in [2.24, 2.45) is 0 Å². The number of aliphatic hydroxyl groups is 1. The first-order valence-electron chi connectivity index (χ1n) is 7.69. The Labute approximate surface area is 136 Å². The molecule has 2 rings (SSSR count). The maximum atomic E-state index is 11.8. The number of nitrogens with two attached hydrogens (primary N) is 1. The molecule has 8 nitrogen and oxygen atoms in total. The van der Waals surface area contributed by atoms with E-state index in [0.717, 1.165) is 0 Å². The van der Waals surface area contributed by atoms with Gasteiger partial charge in [0.15, 0.2) is 8.32 Å². The molecular formula is C14H26N4O4Si. The summed E-state index contributed by atoms with van der Waals surface area (Å²) < 4.78 is 13.1. The van der Waals surface area contributed by atoms with Gasteiger partial charge in [0.25, 0.3) is 0 Å². The molecule has 1 aliphatic rings. The summed E-state index contributed by atoms with van der Waals surface area (Å²) in [6.45, 7) is 11.0. The van der Waals surface area contributed by atoms with Gasteiger partial charge < -0.3 is 20.0 Å². The van der Waals surface area contributed by atoms with Crippen molar-refractivity contribution < 1.29 is 14.3 Å². The SMILES string of the molecule is CC(C)(C)[Si](C)(C)OC[C@H]1O[C@@H](n2cnc(N)nc2=O)C[C@@H]1O. The molecule has 3 N–H and O–H groups in total. The summed E-state index contributed by atoms with van der Waals surface area (Å²) in [4.78, 5) is 19.2. The van der Waals surface area contributed by atoms with E-state index >= 15 is 0 Å². The van der Waals surface area contributed by atoms with E-state index in [2.05, 4.69) is 43.8 Å². The molecule has 2 heterocycles. The van der Waals surface area contributed by atoms with E-state index < -0.39 is 32.4 Å². The molecule has 0 bridgehead atoms. The monoisotopic (exact) mass is 342 g/mol. The molecule has 1 aliphatic heterocycles. The quantitative estimate of drug-likeness (QED) is 0.781. The van der Waals surface area contributed by atoms with Gasteiger partial charge in [0.1, 0.15) is 18.7 Å². The van der Waals surface area contributed by atoms with Crippen molar-refractivity contribution >= 4 is 14.3 Å². The summed E-state index contributed by atoms with van der Waals surface area (Å²) >= 11 is 0. The maximum absolute atomic E-state index is 11.8. The number of hydrogen-bond donors (Lipinski definition) is 2. The second-order valence-corrected chi connectivity index (χ2v) is 12.2. The van der Waals surface area contributed by atoms with E-state index in [-0.39, 0.29) is 11.0 Å². The molecule has 1 saturated heterocycles. The van der Waals surface area contributed by atoms with Gasteiger partial charge in [-0.1, -0.05) is 20.8 Å². The molecule has 9 heteroatoms. The highest BCUT2D eigenvalue weighted by molar-refractivity contribution is 6.74. The summed E-state index contributed by atoms with van der Waals surface area (Å²) in [7, 11) is -1.92. The number of anilines is 1. The largest absolute Gasteiger partial charge is 0.414 e. The van der Waals surface area contributed by atoms with Gasteiger partial charge in [-0.3, -0.25) is 4.57 Å². The van der Waals surface area contributed by atoms with Crippen LogP contribution in [0, 0.1) is 0 Å². The molecule has 23 heavy (non-hydrogen) atoms. The molecule has 0 spiro atoms. The second-order valence-electron chi connectivity index (χ2n) is 7.41. The molecule has 0 radical (unpaired) electrons. The molecule has 0 aromatic carbocycles. The van der Waals surface area contributed by atoms with Crippen LogP contribution in [0.3, 0.4) is 0 Å². The fourth-order valence-corrected chi connectivity index (χ4v) is 3.11. The molecular weight excluding hydrogens is 316 g/mol. The Morgan fingerprint density at radius 2 is 2.17 bits per heavy atom. The lowest BCUT2D eigenvalue weighted by molar-refractivity contribution is -0.0435. The van der Waals surface area contributed by atoms with Crippen LogP contribution in [0.1, 0.15) is 33.4 Å². The first kappa shape index (κ1) is 18.1. The molecule has 1 aromatic heterocycles. The van der Waals surface area contributed by atoms with Gasteiger partial charge in [0, 0.05) is 6.42 Å². The van der Waals surface area contributed by atoms with Crippen molar-refractivity contribution in [2.45, 2.75) is 63.8 Å². The summed E-state index contributed by atoms with van der Waals surface area (Å²) in [5.74, 6) is -0.0809. The van der Waals surface area contributed by atoms with Crippen molar-refractivity contribution in [3.8, 4) is 0 Å². The Bertz CT molecular complexity index is 614. The van der Waals surface area contributed by atoms with Crippen LogP contribution < -0.4 is 11.4 Å². The molecule has 130 valence electrons. The van der Waals surface area contributed by atoms with Crippen molar-refractivity contribution in [2.75, 3.05) is 12.3 Å². The molecule has 0 saturated carbocycles. The Kier molecular flexibility index (Phi) is 4.95. The predicted molar refractivity (Wildman–Crippen MR) is 88.4 cm³/mol. The van der Waals surface area contributed by atoms with Gasteiger partial charge in [-0.2, -0.15) is 4.98 Å². The van der Waals surface area contributed by atoms with Crippen molar-refractivity contribution in [3.63, 3.8) is 0 Å². The smallest absolute Gasteiger partial charge is 0.354 e. The number of nitrogen functional groups attached to an aromatic ring is 1. The summed E-state index contributed by atoms with van der Waals surface area (Å²) in [5.41, 5.74) is 4.83. The number of ether oxygens (including phenoxy) is 1. The Morgan fingerprint density at radius 3 is 2.74 bits per heavy atom. The van der Waals surface area contributed by atoms with Crippen LogP contribution >= 0.6 is 0 Å². The summed E-state index contributed by atoms with van der Waals surface area (Å²) in [6.07, 6.45) is -0.198. The molecule has 0 amide bonds. The van der Waals surface area contributed by atoms with E-state index in [1.54, 1.807) is 0 Å². The molecule has 0 aliphatic carbocycles. The lowest BCUT2D eigenvalue weighted by atomic mass is 10.2. The van der Waals surface area contributed by atoms with Gasteiger partial charge in [0.2, 0.25) is 5.95 Å². The van der Waals surface area contributed by atoms with Crippen LogP contribution in [0.4, 0.5) is 5.95 Å².